The minimum absolute atomic E-state index is 0.000433. The van der Waals surface area contributed by atoms with Gasteiger partial charge >= 0.3 is 12.1 Å². The molecule has 2 saturated heterocycles. The van der Waals surface area contributed by atoms with Crippen molar-refractivity contribution in [1.82, 2.24) is 29.9 Å². The van der Waals surface area contributed by atoms with Gasteiger partial charge < -0.3 is 36.0 Å². The number of piperidine rings is 1. The predicted octanol–water partition coefficient (Wildman–Crippen LogP) is 4.31. The van der Waals surface area contributed by atoms with E-state index in [1.165, 1.54) is 0 Å². The monoisotopic (exact) mass is 766 g/mol. The number of nitrogens with zero attached hydrogens (tertiary/aromatic N) is 5. The predicted molar refractivity (Wildman–Crippen MR) is 185 cm³/mol. The number of pyridine rings is 1. The summed E-state index contributed by atoms with van der Waals surface area (Å²) < 4.78 is 1.38. The summed E-state index contributed by atoms with van der Waals surface area (Å²) in [5.41, 5.74) is 9.92. The number of para-hydroxylation sites is 1. The number of hydrogen-bond donors (Lipinski definition) is 3. The summed E-state index contributed by atoms with van der Waals surface area (Å²) in [6.45, 7) is 2.91. The van der Waals surface area contributed by atoms with E-state index in [4.69, 9.17) is 5.73 Å². The zero-order valence-corrected chi connectivity index (χ0v) is 28.9. The van der Waals surface area contributed by atoms with E-state index in [1.807, 2.05) is 41.3 Å². The van der Waals surface area contributed by atoms with Crippen molar-refractivity contribution in [2.75, 3.05) is 50.3 Å². The Kier molecular flexibility index (Phi) is 9.97. The van der Waals surface area contributed by atoms with Crippen molar-refractivity contribution in [3.05, 3.63) is 86.6 Å². The highest BCUT2D eigenvalue weighted by Gasteiger charge is 2.35. The molecule has 0 spiro atoms. The number of rotatable bonds is 6. The number of hydrogen-bond acceptors (Lipinski definition) is 6. The highest BCUT2D eigenvalue weighted by Crippen LogP contribution is 2.31. The summed E-state index contributed by atoms with van der Waals surface area (Å²) in [7, 11) is 0. The van der Waals surface area contributed by atoms with Crippen LogP contribution in [0.2, 0.25) is 0 Å². The van der Waals surface area contributed by atoms with Gasteiger partial charge in [0.15, 0.2) is 0 Å². The molecule has 2 fully saturated rings. The SMILES string of the molecule is Nc1c(Br)cc(C[C@@H](NC(=O)N2CCC(N3Cc4ccccc4NC3=O)CC2)C(=O)N2CCN(C(=O)c3ccncc3)CC2)cc1Br. The Morgan fingerprint density at radius 2 is 1.55 bits per heavy atom. The Balaban J connectivity index is 1.10. The first-order valence-corrected chi connectivity index (χ1v) is 17.2. The Bertz CT molecular complexity index is 1640. The van der Waals surface area contributed by atoms with E-state index in [1.54, 1.807) is 39.2 Å². The first-order chi connectivity index (χ1) is 22.7. The summed E-state index contributed by atoms with van der Waals surface area (Å²) in [5, 5.41) is 5.99. The van der Waals surface area contributed by atoms with Crippen molar-refractivity contribution in [3.63, 3.8) is 0 Å². The normalized spacial score (nSPS) is 17.5. The molecular weight excluding hydrogens is 732 g/mol. The molecule has 0 radical (unpaired) electrons. The number of anilines is 2. The van der Waals surface area contributed by atoms with E-state index in [-0.39, 0.29) is 36.3 Å². The van der Waals surface area contributed by atoms with Crippen molar-refractivity contribution in [2.24, 2.45) is 0 Å². The van der Waals surface area contributed by atoms with Crippen LogP contribution in [-0.4, -0.2) is 99.8 Å². The fourth-order valence-electron chi connectivity index (χ4n) is 6.36. The molecule has 12 nitrogen and oxygen atoms in total. The second-order valence-electron chi connectivity index (χ2n) is 12.0. The van der Waals surface area contributed by atoms with Crippen molar-refractivity contribution in [1.29, 1.82) is 0 Å². The molecule has 3 aromatic rings. The molecule has 4 heterocycles. The number of nitrogen functional groups attached to an aromatic ring is 1. The van der Waals surface area contributed by atoms with Gasteiger partial charge in [-0.1, -0.05) is 18.2 Å². The number of urea groups is 2. The lowest BCUT2D eigenvalue weighted by Gasteiger charge is -2.41. The number of carbonyl (C=O) groups is 4. The lowest BCUT2D eigenvalue weighted by atomic mass is 10.0. The molecule has 0 aliphatic carbocycles. The number of amides is 6. The molecule has 6 amide bonds. The Morgan fingerprint density at radius 3 is 2.23 bits per heavy atom. The fourth-order valence-corrected chi connectivity index (χ4v) is 7.64. The number of benzene rings is 2. The molecule has 1 atom stereocenters. The maximum atomic E-state index is 14.0. The number of aromatic nitrogens is 1. The van der Waals surface area contributed by atoms with Gasteiger partial charge in [-0.05, 0) is 86.2 Å². The van der Waals surface area contributed by atoms with Crippen LogP contribution < -0.4 is 16.4 Å². The van der Waals surface area contributed by atoms with Gasteiger partial charge in [0.2, 0.25) is 5.91 Å². The van der Waals surface area contributed by atoms with Gasteiger partial charge in [-0.25, -0.2) is 9.59 Å². The smallest absolute Gasteiger partial charge is 0.322 e. The molecule has 14 heteroatoms. The standard InChI is InChI=1S/C33H36Br2N8O4/c34-25-17-21(18-26(35)29(25)36)19-28(31(45)41-15-13-40(14-16-41)30(44)22-5-9-37-10-6-22)39-32(46)42-11-7-24(8-12-42)43-20-23-3-1-2-4-27(23)38-33(43)47/h1-6,9-10,17-18,24,28H,7-8,11-16,19-20,36H2,(H,38,47)(H,39,46)/t28-/m1/s1. The second kappa shape index (κ2) is 14.3. The number of likely N-dealkylation sites (tertiary alicyclic amines) is 1. The average Bonchev–Trinajstić information content (AvgIpc) is 3.10. The number of carbonyl (C=O) groups excluding carboxylic acids is 4. The second-order valence-corrected chi connectivity index (χ2v) is 13.7. The number of nitrogens with one attached hydrogen (secondary N) is 2. The molecular formula is C33H36Br2N8O4. The third-order valence-corrected chi connectivity index (χ3v) is 10.3. The molecule has 0 bridgehead atoms. The summed E-state index contributed by atoms with van der Waals surface area (Å²) in [6.07, 6.45) is 4.68. The maximum absolute atomic E-state index is 14.0. The van der Waals surface area contributed by atoms with E-state index in [0.717, 1.165) is 16.8 Å². The van der Waals surface area contributed by atoms with Crippen LogP contribution in [-0.2, 0) is 17.8 Å². The summed E-state index contributed by atoms with van der Waals surface area (Å²) in [6, 6.07) is 13.6. The van der Waals surface area contributed by atoms with E-state index in [0.29, 0.717) is 78.9 Å². The van der Waals surface area contributed by atoms with Crippen molar-refractivity contribution >= 4 is 67.1 Å². The lowest BCUT2D eigenvalue weighted by Crippen LogP contribution is -2.58. The van der Waals surface area contributed by atoms with E-state index in [2.05, 4.69) is 47.5 Å². The van der Waals surface area contributed by atoms with Crippen molar-refractivity contribution < 1.29 is 19.2 Å². The fraction of sp³-hybridized carbons (Fsp3) is 0.364. The third kappa shape index (κ3) is 7.38. The van der Waals surface area contributed by atoms with Crippen molar-refractivity contribution in [3.8, 4) is 0 Å². The molecule has 3 aliphatic rings. The average molecular weight is 769 g/mol. The maximum Gasteiger partial charge on any atom is 0.322 e. The molecule has 246 valence electrons. The quantitative estimate of drug-likeness (QED) is 0.319. The van der Waals surface area contributed by atoms with Gasteiger partial charge in [0.05, 0.1) is 5.69 Å². The van der Waals surface area contributed by atoms with Crippen LogP contribution in [0.4, 0.5) is 21.0 Å². The van der Waals surface area contributed by atoms with Gasteiger partial charge in [0, 0.05) is 90.9 Å². The summed E-state index contributed by atoms with van der Waals surface area (Å²) in [5.74, 6) is -0.312. The summed E-state index contributed by atoms with van der Waals surface area (Å²) >= 11 is 6.97. The van der Waals surface area contributed by atoms with Gasteiger partial charge in [-0.15, -0.1) is 0 Å². The zero-order chi connectivity index (χ0) is 33.1. The van der Waals surface area contributed by atoms with Crippen molar-refractivity contribution in [2.45, 2.75) is 37.9 Å². The van der Waals surface area contributed by atoms with Gasteiger partial charge in [-0.2, -0.15) is 0 Å². The largest absolute Gasteiger partial charge is 0.397 e. The molecule has 3 aliphatic heterocycles. The summed E-state index contributed by atoms with van der Waals surface area (Å²) in [4.78, 5) is 64.4. The van der Waals surface area contributed by atoms with Crippen LogP contribution in [0, 0.1) is 0 Å². The first kappa shape index (κ1) is 32.8. The molecule has 4 N–H and O–H groups in total. The number of nitrogens with two attached hydrogens (primary N) is 1. The Morgan fingerprint density at radius 1 is 0.915 bits per heavy atom. The molecule has 2 aromatic carbocycles. The van der Waals surface area contributed by atoms with Crippen LogP contribution in [0.15, 0.2) is 69.9 Å². The van der Waals surface area contributed by atoms with E-state index in [9.17, 15) is 19.2 Å². The van der Waals surface area contributed by atoms with E-state index < -0.39 is 6.04 Å². The lowest BCUT2D eigenvalue weighted by molar-refractivity contribution is -0.134. The van der Waals surface area contributed by atoms with Crippen LogP contribution in [0.25, 0.3) is 0 Å². The first-order valence-electron chi connectivity index (χ1n) is 15.6. The Hall–Kier alpha value is -4.17. The number of halogens is 2. The molecule has 0 saturated carbocycles. The van der Waals surface area contributed by atoms with Gasteiger partial charge in [-0.3, -0.25) is 14.6 Å². The highest BCUT2D eigenvalue weighted by atomic mass is 79.9. The highest BCUT2D eigenvalue weighted by molar-refractivity contribution is 9.11. The zero-order valence-electron chi connectivity index (χ0n) is 25.7. The number of fused-ring (bicyclic) bond motifs is 1. The minimum Gasteiger partial charge on any atom is -0.397 e. The number of piperazine rings is 1. The van der Waals surface area contributed by atoms with Gasteiger partial charge in [0.1, 0.15) is 6.04 Å². The third-order valence-electron chi connectivity index (χ3n) is 9.03. The molecule has 1 aromatic heterocycles. The van der Waals surface area contributed by atoms with Crippen LogP contribution >= 0.6 is 31.9 Å². The molecule has 47 heavy (non-hydrogen) atoms. The van der Waals surface area contributed by atoms with Gasteiger partial charge in [0.25, 0.3) is 5.91 Å². The Labute approximate surface area is 289 Å². The topological polar surface area (TPSA) is 144 Å². The molecule has 0 unspecified atom stereocenters. The van der Waals surface area contributed by atoms with E-state index >= 15 is 0 Å². The molecule has 6 rings (SSSR count). The van der Waals surface area contributed by atoms with Crippen LogP contribution in [0.5, 0.6) is 0 Å². The van der Waals surface area contributed by atoms with Crippen LogP contribution in [0.1, 0.15) is 34.3 Å². The van der Waals surface area contributed by atoms with Crippen LogP contribution in [0.3, 0.4) is 0 Å². The minimum atomic E-state index is -0.838.